The zero-order chi connectivity index (χ0) is 15.6. The van der Waals surface area contributed by atoms with E-state index in [0.29, 0.717) is 12.1 Å². The summed E-state index contributed by atoms with van der Waals surface area (Å²) in [6.07, 6.45) is 2.29. The van der Waals surface area contributed by atoms with Gasteiger partial charge in [0.1, 0.15) is 11.4 Å². The molecule has 1 atom stereocenters. The summed E-state index contributed by atoms with van der Waals surface area (Å²) in [5.74, 6) is -0.414. The third kappa shape index (κ3) is 3.32. The minimum absolute atomic E-state index is 0.354. The van der Waals surface area contributed by atoms with Crippen LogP contribution in [0.3, 0.4) is 0 Å². The molecule has 0 aliphatic heterocycles. The molecule has 4 nitrogen and oxygen atoms in total. The molecule has 21 heavy (non-hydrogen) atoms. The number of nitrogens with zero attached hydrogens (tertiary/aromatic N) is 3. The van der Waals surface area contributed by atoms with Crippen molar-refractivity contribution in [2.45, 2.75) is 45.8 Å². The topological polar surface area (TPSA) is 50.9 Å². The molecule has 0 aromatic carbocycles. The van der Waals surface area contributed by atoms with Gasteiger partial charge in [-0.05, 0) is 48.3 Å². The predicted octanol–water partition coefficient (Wildman–Crippen LogP) is 3.21. The SMILES string of the molecule is CCc1nn(CC)c(CC(C)(O)c2ccc(F)cn2)c1Br. The lowest BCUT2D eigenvalue weighted by Gasteiger charge is -2.23. The van der Waals surface area contributed by atoms with Crippen molar-refractivity contribution >= 4 is 15.9 Å². The molecule has 0 radical (unpaired) electrons. The van der Waals surface area contributed by atoms with Crippen LogP contribution in [-0.2, 0) is 25.0 Å². The Morgan fingerprint density at radius 3 is 2.62 bits per heavy atom. The van der Waals surface area contributed by atoms with Crippen molar-refractivity contribution < 1.29 is 9.50 Å². The zero-order valence-corrected chi connectivity index (χ0v) is 14.0. The highest BCUT2D eigenvalue weighted by Gasteiger charge is 2.29. The second-order valence-corrected chi connectivity index (χ2v) is 5.98. The van der Waals surface area contributed by atoms with E-state index in [-0.39, 0.29) is 0 Å². The van der Waals surface area contributed by atoms with Crippen LogP contribution in [0.5, 0.6) is 0 Å². The monoisotopic (exact) mass is 355 g/mol. The lowest BCUT2D eigenvalue weighted by molar-refractivity contribution is 0.0505. The first-order chi connectivity index (χ1) is 9.89. The number of aromatic nitrogens is 3. The van der Waals surface area contributed by atoms with Crippen LogP contribution in [0.1, 0.15) is 37.9 Å². The van der Waals surface area contributed by atoms with Crippen LogP contribution in [0.25, 0.3) is 0 Å². The maximum Gasteiger partial charge on any atom is 0.141 e. The van der Waals surface area contributed by atoms with Gasteiger partial charge in [0, 0.05) is 13.0 Å². The van der Waals surface area contributed by atoms with E-state index in [1.165, 1.54) is 12.1 Å². The van der Waals surface area contributed by atoms with Crippen molar-refractivity contribution in [1.82, 2.24) is 14.8 Å². The quantitative estimate of drug-likeness (QED) is 0.895. The van der Waals surface area contributed by atoms with Gasteiger partial charge in [-0.1, -0.05) is 6.92 Å². The predicted molar refractivity (Wildman–Crippen MR) is 82.4 cm³/mol. The summed E-state index contributed by atoms with van der Waals surface area (Å²) in [6, 6.07) is 2.82. The van der Waals surface area contributed by atoms with Gasteiger partial charge >= 0.3 is 0 Å². The van der Waals surface area contributed by atoms with Crippen LogP contribution in [0.15, 0.2) is 22.8 Å². The van der Waals surface area contributed by atoms with Gasteiger partial charge in [-0.25, -0.2) is 4.39 Å². The molecule has 0 saturated heterocycles. The van der Waals surface area contributed by atoms with E-state index in [1.807, 2.05) is 18.5 Å². The van der Waals surface area contributed by atoms with Crippen molar-refractivity contribution in [2.75, 3.05) is 0 Å². The normalized spacial score (nSPS) is 14.2. The molecule has 0 aliphatic rings. The first-order valence-electron chi connectivity index (χ1n) is 6.97. The fraction of sp³-hybridized carbons (Fsp3) is 0.467. The van der Waals surface area contributed by atoms with E-state index >= 15 is 0 Å². The number of aliphatic hydroxyl groups is 1. The summed E-state index contributed by atoms with van der Waals surface area (Å²) in [4.78, 5) is 3.99. The van der Waals surface area contributed by atoms with Gasteiger partial charge < -0.3 is 5.11 Å². The number of pyridine rings is 1. The fourth-order valence-corrected chi connectivity index (χ4v) is 3.00. The Morgan fingerprint density at radius 1 is 1.38 bits per heavy atom. The van der Waals surface area contributed by atoms with E-state index in [1.54, 1.807) is 6.92 Å². The van der Waals surface area contributed by atoms with Crippen LogP contribution in [0.4, 0.5) is 4.39 Å². The van der Waals surface area contributed by atoms with Crippen LogP contribution in [0, 0.1) is 5.82 Å². The third-order valence-electron chi connectivity index (χ3n) is 3.49. The first kappa shape index (κ1) is 16.1. The largest absolute Gasteiger partial charge is 0.383 e. The van der Waals surface area contributed by atoms with Gasteiger partial charge in [0.05, 0.1) is 27.8 Å². The number of aryl methyl sites for hydroxylation is 2. The Bertz CT molecular complexity index is 623. The van der Waals surface area contributed by atoms with Gasteiger partial charge in [0.15, 0.2) is 0 Å². The second-order valence-electron chi connectivity index (χ2n) is 5.19. The molecule has 0 aliphatic carbocycles. The third-order valence-corrected chi connectivity index (χ3v) is 4.40. The molecule has 0 amide bonds. The average Bonchev–Trinajstić information content (AvgIpc) is 2.75. The average molecular weight is 356 g/mol. The molecule has 2 aromatic heterocycles. The molecule has 1 N–H and O–H groups in total. The maximum absolute atomic E-state index is 13.0. The van der Waals surface area contributed by atoms with E-state index < -0.39 is 11.4 Å². The molecule has 0 spiro atoms. The Kier molecular flexibility index (Phi) is 4.78. The van der Waals surface area contributed by atoms with Crippen molar-refractivity contribution in [2.24, 2.45) is 0 Å². The van der Waals surface area contributed by atoms with E-state index in [0.717, 1.165) is 35.0 Å². The highest BCUT2D eigenvalue weighted by molar-refractivity contribution is 9.10. The first-order valence-corrected chi connectivity index (χ1v) is 7.76. The van der Waals surface area contributed by atoms with Gasteiger partial charge in [-0.2, -0.15) is 5.10 Å². The van der Waals surface area contributed by atoms with E-state index in [2.05, 4.69) is 26.0 Å². The van der Waals surface area contributed by atoms with Crippen molar-refractivity contribution in [3.63, 3.8) is 0 Å². The summed E-state index contributed by atoms with van der Waals surface area (Å²) in [6.45, 7) is 6.45. The van der Waals surface area contributed by atoms with Gasteiger partial charge in [0.2, 0.25) is 0 Å². The highest BCUT2D eigenvalue weighted by atomic mass is 79.9. The van der Waals surface area contributed by atoms with Crippen LogP contribution in [0.2, 0.25) is 0 Å². The minimum Gasteiger partial charge on any atom is -0.383 e. The molecule has 6 heteroatoms. The fourth-order valence-electron chi connectivity index (χ4n) is 2.30. The standard InChI is InChI=1S/C15H19BrFN3O/c1-4-11-14(16)12(20(5-2)19-11)8-15(3,21)13-7-6-10(17)9-18-13/h6-7,9,21H,4-5,8H2,1-3H3. The second kappa shape index (κ2) is 6.23. The molecule has 114 valence electrons. The zero-order valence-electron chi connectivity index (χ0n) is 12.4. The van der Waals surface area contributed by atoms with Gasteiger partial charge in [0.25, 0.3) is 0 Å². The Hall–Kier alpha value is -1.27. The molecular formula is C15H19BrFN3O. The molecule has 0 fully saturated rings. The molecule has 2 rings (SSSR count). The number of rotatable bonds is 5. The summed E-state index contributed by atoms with van der Waals surface area (Å²) >= 11 is 3.57. The number of halogens is 2. The van der Waals surface area contributed by atoms with E-state index in [9.17, 15) is 9.50 Å². The van der Waals surface area contributed by atoms with Crippen LogP contribution >= 0.6 is 15.9 Å². The van der Waals surface area contributed by atoms with Crippen molar-refractivity contribution in [3.05, 3.63) is 45.7 Å². The van der Waals surface area contributed by atoms with Crippen molar-refractivity contribution in [1.29, 1.82) is 0 Å². The molecule has 1 unspecified atom stereocenters. The molecule has 2 heterocycles. The van der Waals surface area contributed by atoms with Crippen molar-refractivity contribution in [3.8, 4) is 0 Å². The summed E-state index contributed by atoms with van der Waals surface area (Å²) in [7, 11) is 0. The molecule has 0 bridgehead atoms. The Morgan fingerprint density at radius 2 is 2.10 bits per heavy atom. The van der Waals surface area contributed by atoms with Gasteiger partial charge in [-0.3, -0.25) is 9.67 Å². The number of hydrogen-bond acceptors (Lipinski definition) is 3. The Balaban J connectivity index is 2.36. The molecular weight excluding hydrogens is 337 g/mol. The summed E-state index contributed by atoms with van der Waals surface area (Å²) in [5.41, 5.74) is 1.15. The molecule has 2 aromatic rings. The summed E-state index contributed by atoms with van der Waals surface area (Å²) < 4.78 is 15.8. The van der Waals surface area contributed by atoms with E-state index in [4.69, 9.17) is 0 Å². The van der Waals surface area contributed by atoms with Gasteiger partial charge in [-0.15, -0.1) is 0 Å². The lowest BCUT2D eigenvalue weighted by atomic mass is 9.95. The van der Waals surface area contributed by atoms with Crippen LogP contribution < -0.4 is 0 Å². The smallest absolute Gasteiger partial charge is 0.141 e. The molecule has 0 saturated carbocycles. The number of hydrogen-bond donors (Lipinski definition) is 1. The summed E-state index contributed by atoms with van der Waals surface area (Å²) in [5, 5.41) is 15.2. The van der Waals surface area contributed by atoms with Crippen LogP contribution in [-0.4, -0.2) is 19.9 Å². The highest BCUT2D eigenvalue weighted by Crippen LogP contribution is 2.30. The maximum atomic E-state index is 13.0. The Labute approximate surface area is 132 Å². The minimum atomic E-state index is -1.19. The lowest BCUT2D eigenvalue weighted by Crippen LogP contribution is -2.27.